The average molecular weight is 159 g/mol. The van der Waals surface area contributed by atoms with Crippen LogP contribution >= 0.6 is 11.3 Å². The van der Waals surface area contributed by atoms with Crippen LogP contribution in [0.2, 0.25) is 0 Å². The molecule has 0 N–H and O–H groups in total. The van der Waals surface area contributed by atoms with E-state index in [9.17, 15) is 0 Å². The summed E-state index contributed by atoms with van der Waals surface area (Å²) in [6, 6.07) is 13.1. The van der Waals surface area contributed by atoms with Crippen LogP contribution < -0.4 is 0 Å². The summed E-state index contributed by atoms with van der Waals surface area (Å²) in [6.45, 7) is 0. The van der Waals surface area contributed by atoms with Crippen molar-refractivity contribution >= 4 is 11.3 Å². The molecule has 1 radical (unpaired) electrons. The van der Waals surface area contributed by atoms with E-state index in [1.807, 2.05) is 12.1 Å². The van der Waals surface area contributed by atoms with Crippen molar-refractivity contribution in [1.82, 2.24) is 0 Å². The highest BCUT2D eigenvalue weighted by atomic mass is 32.1. The molecule has 0 bridgehead atoms. The SMILES string of the molecule is [c]1ccc(-c2ccsc2)cc1. The van der Waals surface area contributed by atoms with Gasteiger partial charge in [0, 0.05) is 0 Å². The predicted octanol–water partition coefficient (Wildman–Crippen LogP) is 3.22. The third kappa shape index (κ3) is 1.33. The van der Waals surface area contributed by atoms with Crippen LogP contribution in [0.1, 0.15) is 0 Å². The first kappa shape index (κ1) is 6.62. The molecule has 0 spiro atoms. The number of benzene rings is 1. The summed E-state index contributed by atoms with van der Waals surface area (Å²) in [6.07, 6.45) is 0. The highest BCUT2D eigenvalue weighted by Crippen LogP contribution is 2.20. The van der Waals surface area contributed by atoms with Gasteiger partial charge in [-0.1, -0.05) is 24.3 Å². The Bertz CT molecular complexity index is 308. The molecule has 2 aromatic rings. The molecule has 0 saturated heterocycles. The summed E-state index contributed by atoms with van der Waals surface area (Å²) in [5, 5.41) is 4.24. The maximum absolute atomic E-state index is 3.00. The second kappa shape index (κ2) is 2.89. The Morgan fingerprint density at radius 2 is 1.82 bits per heavy atom. The van der Waals surface area contributed by atoms with E-state index in [1.165, 1.54) is 11.1 Å². The topological polar surface area (TPSA) is 0 Å². The van der Waals surface area contributed by atoms with Crippen molar-refractivity contribution in [2.24, 2.45) is 0 Å². The smallest absolute Gasteiger partial charge is 0.00147 e. The molecule has 0 unspecified atom stereocenters. The van der Waals surface area contributed by atoms with Crippen molar-refractivity contribution in [3.8, 4) is 11.1 Å². The van der Waals surface area contributed by atoms with Gasteiger partial charge in [-0.05, 0) is 34.0 Å². The Labute approximate surface area is 70.1 Å². The Balaban J connectivity index is 2.46. The molecule has 1 heteroatoms. The van der Waals surface area contributed by atoms with E-state index in [4.69, 9.17) is 0 Å². The molecule has 0 fully saturated rings. The molecule has 0 aliphatic rings. The fourth-order valence-electron chi connectivity index (χ4n) is 1.01. The summed E-state index contributed by atoms with van der Waals surface area (Å²) in [5.41, 5.74) is 2.56. The summed E-state index contributed by atoms with van der Waals surface area (Å²) >= 11 is 1.72. The predicted molar refractivity (Wildman–Crippen MR) is 48.6 cm³/mol. The van der Waals surface area contributed by atoms with Gasteiger partial charge < -0.3 is 0 Å². The summed E-state index contributed by atoms with van der Waals surface area (Å²) in [5.74, 6) is 0. The number of thiophene rings is 1. The van der Waals surface area contributed by atoms with Crippen LogP contribution in [0.15, 0.2) is 41.1 Å². The van der Waals surface area contributed by atoms with Crippen LogP contribution in [0.5, 0.6) is 0 Å². The van der Waals surface area contributed by atoms with E-state index in [0.29, 0.717) is 0 Å². The van der Waals surface area contributed by atoms with Gasteiger partial charge in [-0.3, -0.25) is 0 Å². The van der Waals surface area contributed by atoms with E-state index in [2.05, 4.69) is 35.0 Å². The Hall–Kier alpha value is -1.08. The second-order valence-corrected chi connectivity index (χ2v) is 3.08. The lowest BCUT2D eigenvalue weighted by atomic mass is 10.1. The zero-order chi connectivity index (χ0) is 7.52. The third-order valence-corrected chi connectivity index (χ3v) is 2.26. The minimum Gasteiger partial charge on any atom is -0.152 e. The fraction of sp³-hybridized carbons (Fsp3) is 0. The molecule has 0 aliphatic carbocycles. The van der Waals surface area contributed by atoms with Crippen LogP contribution in [0.4, 0.5) is 0 Å². The summed E-state index contributed by atoms with van der Waals surface area (Å²) in [7, 11) is 0. The number of hydrogen-bond acceptors (Lipinski definition) is 1. The monoisotopic (exact) mass is 159 g/mol. The lowest BCUT2D eigenvalue weighted by molar-refractivity contribution is 1.66. The third-order valence-electron chi connectivity index (χ3n) is 1.57. The van der Waals surface area contributed by atoms with Gasteiger partial charge in [0.15, 0.2) is 0 Å². The van der Waals surface area contributed by atoms with Crippen molar-refractivity contribution in [2.75, 3.05) is 0 Å². The zero-order valence-corrected chi connectivity index (χ0v) is 6.77. The van der Waals surface area contributed by atoms with Gasteiger partial charge in [-0.25, -0.2) is 0 Å². The first-order valence-electron chi connectivity index (χ1n) is 3.45. The minimum atomic E-state index is 1.27. The molecule has 0 atom stereocenters. The molecule has 2 rings (SSSR count). The molecule has 0 aliphatic heterocycles. The fourth-order valence-corrected chi connectivity index (χ4v) is 1.67. The maximum Gasteiger partial charge on any atom is -0.00147 e. The lowest BCUT2D eigenvalue weighted by Gasteiger charge is -1.93. The normalized spacial score (nSPS) is 9.82. The van der Waals surface area contributed by atoms with E-state index >= 15 is 0 Å². The molecular weight excluding hydrogens is 152 g/mol. The van der Waals surface area contributed by atoms with Gasteiger partial charge in [0.2, 0.25) is 0 Å². The van der Waals surface area contributed by atoms with Crippen LogP contribution in [0.3, 0.4) is 0 Å². The highest BCUT2D eigenvalue weighted by molar-refractivity contribution is 7.08. The molecule has 1 aromatic carbocycles. The summed E-state index contributed by atoms with van der Waals surface area (Å²) < 4.78 is 0. The lowest BCUT2D eigenvalue weighted by Crippen LogP contribution is -1.69. The van der Waals surface area contributed by atoms with Gasteiger partial charge in [-0.2, -0.15) is 11.3 Å². The average Bonchev–Trinajstić information content (AvgIpc) is 2.58. The standard InChI is InChI=1S/C10H7S/c1-2-4-9(5-3-1)10-6-7-11-8-10/h2-8H. The quantitative estimate of drug-likeness (QED) is 0.599. The molecular formula is C10H7S. The Kier molecular flexibility index (Phi) is 1.74. The van der Waals surface area contributed by atoms with Crippen LogP contribution in [-0.2, 0) is 0 Å². The van der Waals surface area contributed by atoms with Gasteiger partial charge in [0.05, 0.1) is 0 Å². The Morgan fingerprint density at radius 1 is 1.00 bits per heavy atom. The van der Waals surface area contributed by atoms with Crippen molar-refractivity contribution in [3.05, 3.63) is 47.2 Å². The zero-order valence-electron chi connectivity index (χ0n) is 5.95. The van der Waals surface area contributed by atoms with Crippen molar-refractivity contribution in [3.63, 3.8) is 0 Å². The molecule has 1 aromatic heterocycles. The van der Waals surface area contributed by atoms with Crippen LogP contribution in [0.25, 0.3) is 11.1 Å². The first-order valence-corrected chi connectivity index (χ1v) is 4.40. The van der Waals surface area contributed by atoms with Crippen LogP contribution in [-0.4, -0.2) is 0 Å². The molecule has 0 saturated carbocycles. The molecule has 1 heterocycles. The maximum atomic E-state index is 3.00. The highest BCUT2D eigenvalue weighted by Gasteiger charge is 1.93. The van der Waals surface area contributed by atoms with Gasteiger partial charge >= 0.3 is 0 Å². The van der Waals surface area contributed by atoms with Gasteiger partial charge in [0.1, 0.15) is 0 Å². The minimum absolute atomic E-state index is 1.27. The Morgan fingerprint density at radius 3 is 2.45 bits per heavy atom. The molecule has 0 nitrogen and oxygen atoms in total. The van der Waals surface area contributed by atoms with Crippen molar-refractivity contribution < 1.29 is 0 Å². The number of rotatable bonds is 1. The molecule has 11 heavy (non-hydrogen) atoms. The van der Waals surface area contributed by atoms with Gasteiger partial charge in [0.25, 0.3) is 0 Å². The van der Waals surface area contributed by atoms with Crippen LogP contribution in [0, 0.1) is 6.07 Å². The van der Waals surface area contributed by atoms with Crippen molar-refractivity contribution in [1.29, 1.82) is 0 Å². The molecule has 0 amide bonds. The van der Waals surface area contributed by atoms with E-state index in [0.717, 1.165) is 0 Å². The largest absolute Gasteiger partial charge is 0.152 e. The first-order chi connectivity index (χ1) is 5.47. The van der Waals surface area contributed by atoms with Gasteiger partial charge in [-0.15, -0.1) is 0 Å². The summed E-state index contributed by atoms with van der Waals surface area (Å²) in [4.78, 5) is 0. The van der Waals surface area contributed by atoms with E-state index in [-0.39, 0.29) is 0 Å². The van der Waals surface area contributed by atoms with Crippen molar-refractivity contribution in [2.45, 2.75) is 0 Å². The molecule has 53 valence electrons. The van der Waals surface area contributed by atoms with E-state index in [1.54, 1.807) is 11.3 Å². The number of hydrogen-bond donors (Lipinski definition) is 0. The second-order valence-electron chi connectivity index (χ2n) is 2.30. The van der Waals surface area contributed by atoms with E-state index < -0.39 is 0 Å².